The van der Waals surface area contributed by atoms with Crippen molar-refractivity contribution < 1.29 is 23.9 Å². The number of nitrogens with two attached hydrogens (primary N) is 1. The molecular weight excluding hydrogens is 518 g/mol. The molecule has 4 rings (SSSR count). The summed E-state index contributed by atoms with van der Waals surface area (Å²) in [5.41, 5.74) is 8.59. The van der Waals surface area contributed by atoms with E-state index in [1.165, 1.54) is 30.5 Å². The fraction of sp³-hybridized carbons (Fsp3) is 0.179. The van der Waals surface area contributed by atoms with Crippen LogP contribution in [0, 0.1) is 11.3 Å². The number of carbonyl (C=O) groups is 3. The normalized spacial score (nSPS) is 15.0. The van der Waals surface area contributed by atoms with Crippen molar-refractivity contribution >= 4 is 40.0 Å². The Morgan fingerprint density at radius 1 is 1.10 bits per heavy atom. The van der Waals surface area contributed by atoms with Crippen LogP contribution >= 0.6 is 11.3 Å². The Balaban J connectivity index is 1.92. The Labute approximate surface area is 229 Å². The second-order valence-corrected chi connectivity index (χ2v) is 9.18. The van der Waals surface area contributed by atoms with Crippen LogP contribution in [0.4, 0.5) is 10.8 Å². The molecule has 1 aliphatic heterocycles. The lowest BCUT2D eigenvalue weighted by Crippen LogP contribution is -2.40. The number of ether oxygens (including phenoxy) is 2. The Morgan fingerprint density at radius 2 is 1.82 bits per heavy atom. The smallest absolute Gasteiger partial charge is 0.355 e. The minimum Gasteiger partial charge on any atom is -0.466 e. The molecule has 0 aliphatic carbocycles. The average molecular weight is 544 g/mol. The predicted molar refractivity (Wildman–Crippen MR) is 146 cm³/mol. The fourth-order valence-corrected chi connectivity index (χ4v) is 4.99. The number of benzene rings is 2. The van der Waals surface area contributed by atoms with Crippen molar-refractivity contribution in [3.8, 4) is 17.3 Å². The van der Waals surface area contributed by atoms with Crippen LogP contribution in [0.2, 0.25) is 0 Å². The van der Waals surface area contributed by atoms with Crippen molar-refractivity contribution in [2.75, 3.05) is 24.4 Å². The number of thiazole rings is 1. The first-order valence-corrected chi connectivity index (χ1v) is 12.7. The Kier molecular flexibility index (Phi) is 8.07. The van der Waals surface area contributed by atoms with E-state index in [4.69, 9.17) is 15.2 Å². The summed E-state index contributed by atoms with van der Waals surface area (Å²) in [6.07, 6.45) is 0.321. The lowest BCUT2D eigenvalue weighted by Gasteiger charge is -2.36. The minimum atomic E-state index is -0.958. The number of methoxy groups -OCH3 is 2. The van der Waals surface area contributed by atoms with E-state index in [0.717, 1.165) is 0 Å². The van der Waals surface area contributed by atoms with Crippen LogP contribution < -0.4 is 16.0 Å². The van der Waals surface area contributed by atoms with Gasteiger partial charge in [0, 0.05) is 23.1 Å². The molecule has 1 amide bonds. The molecule has 1 atom stereocenters. The summed E-state index contributed by atoms with van der Waals surface area (Å²) in [7, 11) is 2.39. The standard InChI is InChI=1S/C28H25N5O5S/c1-4-21(34)32-28-31-20(15-39-28)17-11-8-12-18(13-17)33-24(27(36)38-3)23(26(35)37-2)22(19(14-29)25(33)30)16-9-6-5-7-10-16/h5-13,15,22H,4,30H2,1-3H3,(H,31,32,34). The van der Waals surface area contributed by atoms with Crippen LogP contribution in [-0.2, 0) is 23.9 Å². The molecule has 10 nitrogen and oxygen atoms in total. The first kappa shape index (κ1) is 27.1. The largest absolute Gasteiger partial charge is 0.466 e. The Bertz CT molecular complexity index is 1540. The van der Waals surface area contributed by atoms with Crippen LogP contribution in [0.1, 0.15) is 24.8 Å². The predicted octanol–water partition coefficient (Wildman–Crippen LogP) is 4.06. The summed E-state index contributed by atoms with van der Waals surface area (Å²) in [6.45, 7) is 1.75. The van der Waals surface area contributed by atoms with E-state index in [1.54, 1.807) is 66.9 Å². The van der Waals surface area contributed by atoms with Gasteiger partial charge in [0.25, 0.3) is 0 Å². The van der Waals surface area contributed by atoms with Gasteiger partial charge in [-0.05, 0) is 17.7 Å². The van der Waals surface area contributed by atoms with E-state index < -0.39 is 17.9 Å². The molecule has 0 saturated heterocycles. The van der Waals surface area contributed by atoms with Gasteiger partial charge in [0.1, 0.15) is 11.5 Å². The average Bonchev–Trinajstić information content (AvgIpc) is 3.44. The first-order chi connectivity index (χ1) is 18.8. The van der Waals surface area contributed by atoms with E-state index in [0.29, 0.717) is 34.1 Å². The highest BCUT2D eigenvalue weighted by atomic mass is 32.1. The molecule has 39 heavy (non-hydrogen) atoms. The van der Waals surface area contributed by atoms with Gasteiger partial charge in [0.2, 0.25) is 5.91 Å². The van der Waals surface area contributed by atoms with E-state index in [1.807, 2.05) is 0 Å². The topological polar surface area (TPSA) is 148 Å². The second kappa shape index (κ2) is 11.6. The number of allylic oxidation sites excluding steroid dienone is 1. The van der Waals surface area contributed by atoms with Crippen molar-refractivity contribution in [2.24, 2.45) is 5.73 Å². The Hall–Kier alpha value is -4.95. The van der Waals surface area contributed by atoms with Gasteiger partial charge < -0.3 is 20.5 Å². The monoisotopic (exact) mass is 543 g/mol. The minimum absolute atomic E-state index is 0.0364. The lowest BCUT2D eigenvalue weighted by molar-refractivity contribution is -0.139. The number of esters is 2. The summed E-state index contributed by atoms with van der Waals surface area (Å²) < 4.78 is 10.1. The van der Waals surface area contributed by atoms with Crippen LogP contribution in [0.25, 0.3) is 11.3 Å². The van der Waals surface area contributed by atoms with Crippen LogP contribution in [-0.4, -0.2) is 37.0 Å². The van der Waals surface area contributed by atoms with Gasteiger partial charge in [-0.15, -0.1) is 11.3 Å². The number of nitrogens with one attached hydrogen (secondary N) is 1. The number of carbonyl (C=O) groups excluding carboxylic acids is 3. The van der Waals surface area contributed by atoms with Crippen molar-refractivity contribution in [3.05, 3.63) is 88.2 Å². The Morgan fingerprint density at radius 3 is 2.46 bits per heavy atom. The summed E-state index contributed by atoms with van der Waals surface area (Å²) in [5, 5.41) is 15.1. The van der Waals surface area contributed by atoms with Gasteiger partial charge >= 0.3 is 11.9 Å². The highest BCUT2D eigenvalue weighted by Gasteiger charge is 2.43. The number of amides is 1. The third kappa shape index (κ3) is 5.23. The maximum Gasteiger partial charge on any atom is 0.355 e. The maximum absolute atomic E-state index is 13.2. The van der Waals surface area contributed by atoms with Gasteiger partial charge in [-0.1, -0.05) is 49.4 Å². The lowest BCUT2D eigenvalue weighted by atomic mass is 9.81. The number of rotatable bonds is 7. The number of hydrogen-bond acceptors (Lipinski definition) is 10. The molecule has 1 unspecified atom stereocenters. The summed E-state index contributed by atoms with van der Waals surface area (Å²) >= 11 is 1.27. The molecule has 1 aromatic heterocycles. The molecule has 3 N–H and O–H groups in total. The summed E-state index contributed by atoms with van der Waals surface area (Å²) in [4.78, 5) is 44.0. The molecule has 0 fully saturated rings. The molecule has 0 bridgehead atoms. The van der Waals surface area contributed by atoms with Crippen LogP contribution in [0.15, 0.2) is 82.6 Å². The van der Waals surface area contributed by atoms with Crippen LogP contribution in [0.3, 0.4) is 0 Å². The molecule has 2 heterocycles. The third-order valence-corrected chi connectivity index (χ3v) is 6.84. The van der Waals surface area contributed by atoms with E-state index in [-0.39, 0.29) is 28.6 Å². The zero-order valence-corrected chi connectivity index (χ0v) is 22.2. The van der Waals surface area contributed by atoms with E-state index in [9.17, 15) is 19.6 Å². The molecule has 3 aromatic rings. The number of anilines is 2. The van der Waals surface area contributed by atoms with Gasteiger partial charge in [0.15, 0.2) is 5.13 Å². The molecule has 0 saturated carbocycles. The molecule has 2 aromatic carbocycles. The zero-order valence-electron chi connectivity index (χ0n) is 21.4. The molecule has 1 aliphatic rings. The fourth-order valence-electron chi connectivity index (χ4n) is 4.26. The zero-order chi connectivity index (χ0) is 28.1. The van der Waals surface area contributed by atoms with Gasteiger partial charge in [-0.3, -0.25) is 9.69 Å². The van der Waals surface area contributed by atoms with Gasteiger partial charge in [-0.25, -0.2) is 14.6 Å². The summed E-state index contributed by atoms with van der Waals surface area (Å²) in [5.74, 6) is -2.79. The molecule has 198 valence electrons. The maximum atomic E-state index is 13.2. The van der Waals surface area contributed by atoms with Crippen molar-refractivity contribution in [1.82, 2.24) is 4.98 Å². The van der Waals surface area contributed by atoms with Crippen LogP contribution in [0.5, 0.6) is 0 Å². The van der Waals surface area contributed by atoms with E-state index in [2.05, 4.69) is 16.4 Å². The van der Waals surface area contributed by atoms with Gasteiger partial charge in [0.05, 0.1) is 43.0 Å². The highest BCUT2D eigenvalue weighted by molar-refractivity contribution is 7.14. The molecule has 0 spiro atoms. The van der Waals surface area contributed by atoms with E-state index >= 15 is 0 Å². The third-order valence-electron chi connectivity index (χ3n) is 6.08. The van der Waals surface area contributed by atoms with Gasteiger partial charge in [-0.2, -0.15) is 5.26 Å². The number of nitrogens with zero attached hydrogens (tertiary/aromatic N) is 3. The number of aromatic nitrogens is 1. The molecular formula is C28H25N5O5S. The first-order valence-electron chi connectivity index (χ1n) is 11.9. The van der Waals surface area contributed by atoms with Crippen molar-refractivity contribution in [2.45, 2.75) is 19.3 Å². The quantitative estimate of drug-likeness (QED) is 0.421. The number of nitriles is 1. The molecule has 0 radical (unpaired) electrons. The SMILES string of the molecule is CCC(=O)Nc1nc(-c2cccc(N3C(N)=C(C#N)C(c4ccccc4)C(C(=O)OC)=C3C(=O)OC)c2)cs1. The van der Waals surface area contributed by atoms with Crippen molar-refractivity contribution in [3.63, 3.8) is 0 Å². The summed E-state index contributed by atoms with van der Waals surface area (Å²) in [6, 6.07) is 17.8. The number of hydrogen-bond donors (Lipinski definition) is 2. The second-order valence-electron chi connectivity index (χ2n) is 8.33. The van der Waals surface area contributed by atoms with Crippen molar-refractivity contribution in [1.29, 1.82) is 5.26 Å². The highest BCUT2D eigenvalue weighted by Crippen LogP contribution is 2.43. The molecule has 11 heteroatoms.